The molecule has 0 unspecified atom stereocenters. The van der Waals surface area contributed by atoms with Crippen molar-refractivity contribution in [1.29, 1.82) is 5.26 Å². The van der Waals surface area contributed by atoms with Crippen LogP contribution in [0.4, 0.5) is 5.82 Å². The first-order valence-electron chi connectivity index (χ1n) is 5.21. The first-order chi connectivity index (χ1) is 7.27. The van der Waals surface area contributed by atoms with E-state index in [1.54, 1.807) is 6.20 Å². The number of hydrogen-bond acceptors (Lipinski definition) is 4. The molecule has 1 heterocycles. The van der Waals surface area contributed by atoms with Crippen LogP contribution in [0, 0.1) is 11.3 Å². The van der Waals surface area contributed by atoms with E-state index in [-0.39, 0.29) is 0 Å². The smallest absolute Gasteiger partial charge is 0.158 e. The second-order valence-corrected chi connectivity index (χ2v) is 3.50. The van der Waals surface area contributed by atoms with E-state index in [0.29, 0.717) is 5.69 Å². The Hall–Kier alpha value is -1.63. The lowest BCUT2D eigenvalue weighted by Gasteiger charge is -2.16. The van der Waals surface area contributed by atoms with Crippen LogP contribution in [0.25, 0.3) is 0 Å². The van der Waals surface area contributed by atoms with Crippen molar-refractivity contribution in [3.8, 4) is 6.07 Å². The molecule has 0 bridgehead atoms. The molecule has 0 saturated heterocycles. The Morgan fingerprint density at radius 1 is 1.33 bits per heavy atom. The van der Waals surface area contributed by atoms with Gasteiger partial charge in [0.15, 0.2) is 5.69 Å². The fourth-order valence-electron chi connectivity index (χ4n) is 1.29. The molecule has 0 aliphatic heterocycles. The minimum atomic E-state index is 0.362. The van der Waals surface area contributed by atoms with Gasteiger partial charge in [-0.2, -0.15) is 5.26 Å². The Balaban J connectivity index is 2.51. The van der Waals surface area contributed by atoms with Crippen molar-refractivity contribution >= 4 is 5.82 Å². The molecular weight excluding hydrogens is 188 g/mol. The highest BCUT2D eigenvalue weighted by atomic mass is 15.2. The van der Waals surface area contributed by atoms with Gasteiger partial charge in [0, 0.05) is 13.6 Å². The second-order valence-electron chi connectivity index (χ2n) is 3.50. The summed E-state index contributed by atoms with van der Waals surface area (Å²) in [6, 6.07) is 1.95. The van der Waals surface area contributed by atoms with Gasteiger partial charge in [0.1, 0.15) is 11.9 Å². The van der Waals surface area contributed by atoms with E-state index >= 15 is 0 Å². The van der Waals surface area contributed by atoms with Crippen molar-refractivity contribution in [1.82, 2.24) is 9.97 Å². The summed E-state index contributed by atoms with van der Waals surface area (Å²) >= 11 is 0. The molecule has 0 aliphatic rings. The van der Waals surface area contributed by atoms with E-state index in [2.05, 4.69) is 21.8 Å². The largest absolute Gasteiger partial charge is 0.358 e. The number of unbranched alkanes of at least 4 members (excludes halogenated alkanes) is 2. The van der Waals surface area contributed by atoms with Crippen LogP contribution in [-0.2, 0) is 0 Å². The highest BCUT2D eigenvalue weighted by Crippen LogP contribution is 2.07. The minimum absolute atomic E-state index is 0.362. The molecule has 0 atom stereocenters. The molecule has 0 fully saturated rings. The van der Waals surface area contributed by atoms with Crippen LogP contribution in [0.1, 0.15) is 31.9 Å². The predicted octanol–water partition coefficient (Wildman–Crippen LogP) is 1.97. The van der Waals surface area contributed by atoms with Gasteiger partial charge in [-0.25, -0.2) is 9.97 Å². The molecule has 15 heavy (non-hydrogen) atoms. The SMILES string of the molecule is CCCCCN(C)c1cnc(C#N)cn1. The van der Waals surface area contributed by atoms with E-state index in [4.69, 9.17) is 5.26 Å². The van der Waals surface area contributed by atoms with Crippen LogP contribution < -0.4 is 4.90 Å². The van der Waals surface area contributed by atoms with Crippen LogP contribution in [0.5, 0.6) is 0 Å². The second kappa shape index (κ2) is 5.97. The molecule has 4 heteroatoms. The molecule has 1 rings (SSSR count). The Bertz CT molecular complexity index is 325. The monoisotopic (exact) mass is 204 g/mol. The zero-order valence-electron chi connectivity index (χ0n) is 9.27. The Kier molecular flexibility index (Phi) is 4.55. The molecule has 1 aromatic heterocycles. The van der Waals surface area contributed by atoms with Crippen molar-refractivity contribution in [3.63, 3.8) is 0 Å². The maximum Gasteiger partial charge on any atom is 0.158 e. The third kappa shape index (κ3) is 3.55. The zero-order valence-corrected chi connectivity index (χ0v) is 9.27. The molecule has 0 saturated carbocycles. The van der Waals surface area contributed by atoms with Crippen molar-refractivity contribution in [3.05, 3.63) is 18.1 Å². The number of rotatable bonds is 5. The summed E-state index contributed by atoms with van der Waals surface area (Å²) in [5.74, 6) is 0.824. The first-order valence-corrected chi connectivity index (χ1v) is 5.21. The minimum Gasteiger partial charge on any atom is -0.358 e. The number of nitriles is 1. The lowest BCUT2D eigenvalue weighted by molar-refractivity contribution is 0.700. The van der Waals surface area contributed by atoms with E-state index in [1.165, 1.54) is 19.0 Å². The van der Waals surface area contributed by atoms with E-state index < -0.39 is 0 Å². The van der Waals surface area contributed by atoms with Gasteiger partial charge >= 0.3 is 0 Å². The van der Waals surface area contributed by atoms with Crippen LogP contribution in [0.15, 0.2) is 12.4 Å². The summed E-state index contributed by atoms with van der Waals surface area (Å²) in [7, 11) is 1.99. The van der Waals surface area contributed by atoms with Crippen LogP contribution in [-0.4, -0.2) is 23.6 Å². The van der Waals surface area contributed by atoms with Gasteiger partial charge in [-0.3, -0.25) is 0 Å². The summed E-state index contributed by atoms with van der Waals surface area (Å²) in [6.07, 6.45) is 6.76. The van der Waals surface area contributed by atoms with E-state index in [0.717, 1.165) is 18.8 Å². The third-order valence-electron chi connectivity index (χ3n) is 2.24. The summed E-state index contributed by atoms with van der Waals surface area (Å²) < 4.78 is 0. The summed E-state index contributed by atoms with van der Waals surface area (Å²) in [6.45, 7) is 3.16. The Morgan fingerprint density at radius 2 is 2.13 bits per heavy atom. The van der Waals surface area contributed by atoms with Crippen LogP contribution in [0.3, 0.4) is 0 Å². The number of aromatic nitrogens is 2. The van der Waals surface area contributed by atoms with Crippen LogP contribution in [0.2, 0.25) is 0 Å². The van der Waals surface area contributed by atoms with Gasteiger partial charge in [0.05, 0.1) is 12.4 Å². The van der Waals surface area contributed by atoms with Gasteiger partial charge in [0.2, 0.25) is 0 Å². The number of nitrogens with zero attached hydrogens (tertiary/aromatic N) is 4. The van der Waals surface area contributed by atoms with Gasteiger partial charge in [0.25, 0.3) is 0 Å². The number of anilines is 1. The molecule has 80 valence electrons. The highest BCUT2D eigenvalue weighted by molar-refractivity contribution is 5.35. The van der Waals surface area contributed by atoms with Gasteiger partial charge in [-0.05, 0) is 6.42 Å². The summed E-state index contributed by atoms with van der Waals surface area (Å²) in [4.78, 5) is 10.2. The fourth-order valence-corrected chi connectivity index (χ4v) is 1.29. The third-order valence-corrected chi connectivity index (χ3v) is 2.24. The molecule has 0 N–H and O–H groups in total. The average molecular weight is 204 g/mol. The average Bonchev–Trinajstić information content (AvgIpc) is 2.29. The van der Waals surface area contributed by atoms with E-state index in [9.17, 15) is 0 Å². The zero-order chi connectivity index (χ0) is 11.1. The Morgan fingerprint density at radius 3 is 2.67 bits per heavy atom. The maximum absolute atomic E-state index is 8.57. The van der Waals surface area contributed by atoms with Crippen molar-refractivity contribution in [2.24, 2.45) is 0 Å². The van der Waals surface area contributed by atoms with Crippen molar-refractivity contribution in [2.45, 2.75) is 26.2 Å². The molecule has 4 nitrogen and oxygen atoms in total. The van der Waals surface area contributed by atoms with E-state index in [1.807, 2.05) is 13.1 Å². The summed E-state index contributed by atoms with van der Waals surface area (Å²) in [5, 5.41) is 8.57. The van der Waals surface area contributed by atoms with Crippen LogP contribution >= 0.6 is 0 Å². The molecule has 0 spiro atoms. The van der Waals surface area contributed by atoms with Gasteiger partial charge in [-0.1, -0.05) is 19.8 Å². The summed E-state index contributed by atoms with van der Waals surface area (Å²) in [5.41, 5.74) is 0.362. The molecule has 0 aliphatic carbocycles. The molecule has 0 radical (unpaired) electrons. The van der Waals surface area contributed by atoms with Crippen molar-refractivity contribution < 1.29 is 0 Å². The van der Waals surface area contributed by atoms with Crippen molar-refractivity contribution in [2.75, 3.05) is 18.5 Å². The molecular formula is C11H16N4. The standard InChI is InChI=1S/C11H16N4/c1-3-4-5-6-15(2)11-9-13-10(7-12)8-14-11/h8-9H,3-6H2,1-2H3. The van der Waals surface area contributed by atoms with Gasteiger partial charge in [-0.15, -0.1) is 0 Å². The fraction of sp³-hybridized carbons (Fsp3) is 0.545. The quantitative estimate of drug-likeness (QED) is 0.688. The molecule has 0 aromatic carbocycles. The maximum atomic E-state index is 8.57. The topological polar surface area (TPSA) is 52.8 Å². The molecule has 0 amide bonds. The Labute approximate surface area is 90.6 Å². The lowest BCUT2D eigenvalue weighted by atomic mass is 10.2. The molecule has 1 aromatic rings. The lowest BCUT2D eigenvalue weighted by Crippen LogP contribution is -2.19. The first kappa shape index (κ1) is 11.4. The normalized spacial score (nSPS) is 9.67. The van der Waals surface area contributed by atoms with Gasteiger partial charge < -0.3 is 4.90 Å². The predicted molar refractivity (Wildman–Crippen MR) is 59.5 cm³/mol. The number of hydrogen-bond donors (Lipinski definition) is 0. The highest BCUT2D eigenvalue weighted by Gasteiger charge is 2.02.